The topological polar surface area (TPSA) is 23.8 Å². The zero-order chi connectivity index (χ0) is 8.85. The van der Waals surface area contributed by atoms with E-state index in [9.17, 15) is 4.39 Å². The van der Waals surface area contributed by atoms with Crippen molar-refractivity contribution in [3.05, 3.63) is 36.2 Å². The first-order valence-electron chi connectivity index (χ1n) is 3.26. The molecule has 0 fully saturated rings. The molecule has 0 rings (SSSR count). The largest absolute Gasteiger partial charge is 0.208 e. The summed E-state index contributed by atoms with van der Waals surface area (Å²) in [4.78, 5) is 0. The summed E-state index contributed by atoms with van der Waals surface area (Å²) in [5, 5.41) is 8.41. The summed E-state index contributed by atoms with van der Waals surface area (Å²) in [6, 6.07) is 1.85. The number of allylic oxidation sites excluding steroid dienone is 4. The minimum atomic E-state index is -0.543. The molecule has 0 spiro atoms. The van der Waals surface area contributed by atoms with Gasteiger partial charge in [0.2, 0.25) is 0 Å². The number of rotatable bonds is 3. The Bertz CT molecular complexity index is 243. The van der Waals surface area contributed by atoms with E-state index in [-0.39, 0.29) is 0 Å². The van der Waals surface area contributed by atoms with Crippen LogP contribution in [-0.2, 0) is 0 Å². The summed E-state index contributed by atoms with van der Waals surface area (Å²) in [6.45, 7) is 8.36. The van der Waals surface area contributed by atoms with E-state index in [1.807, 2.05) is 13.0 Å². The van der Waals surface area contributed by atoms with Crippen molar-refractivity contribution in [2.24, 2.45) is 0 Å². The highest BCUT2D eigenvalue weighted by Crippen LogP contribution is 2.13. The molecule has 0 aromatic carbocycles. The molecule has 0 radical (unpaired) electrons. The third-order valence-corrected chi connectivity index (χ3v) is 1.23. The van der Waals surface area contributed by atoms with Crippen molar-refractivity contribution in [3.8, 4) is 6.07 Å². The van der Waals surface area contributed by atoms with Crippen LogP contribution in [0.3, 0.4) is 0 Å². The van der Waals surface area contributed by atoms with Crippen molar-refractivity contribution in [2.45, 2.75) is 13.3 Å². The van der Waals surface area contributed by atoms with Crippen LogP contribution in [0.4, 0.5) is 4.39 Å². The SMILES string of the molecule is C=C(F)/C=C(/CC)C(=C)C#N. The Morgan fingerprint density at radius 3 is 2.45 bits per heavy atom. The van der Waals surface area contributed by atoms with Crippen LogP contribution in [0.5, 0.6) is 0 Å². The van der Waals surface area contributed by atoms with E-state index in [0.29, 0.717) is 17.6 Å². The lowest BCUT2D eigenvalue weighted by atomic mass is 10.1. The third-order valence-electron chi connectivity index (χ3n) is 1.23. The summed E-state index contributed by atoms with van der Waals surface area (Å²) in [6.07, 6.45) is 1.82. The number of nitriles is 1. The van der Waals surface area contributed by atoms with Crippen LogP contribution in [0.25, 0.3) is 0 Å². The minimum Gasteiger partial charge on any atom is -0.208 e. The van der Waals surface area contributed by atoms with Gasteiger partial charge in [0.05, 0.1) is 6.07 Å². The van der Waals surface area contributed by atoms with Gasteiger partial charge in [0, 0.05) is 5.57 Å². The van der Waals surface area contributed by atoms with Crippen molar-refractivity contribution < 1.29 is 4.39 Å². The monoisotopic (exact) mass is 151 g/mol. The Morgan fingerprint density at radius 2 is 2.18 bits per heavy atom. The second-order valence-corrected chi connectivity index (χ2v) is 2.06. The molecule has 0 aliphatic carbocycles. The predicted molar refractivity (Wildman–Crippen MR) is 43.4 cm³/mol. The Labute approximate surface area is 66.1 Å². The molecule has 0 N–H and O–H groups in total. The summed E-state index contributed by atoms with van der Waals surface area (Å²) < 4.78 is 12.2. The van der Waals surface area contributed by atoms with Gasteiger partial charge in [-0.1, -0.05) is 20.1 Å². The second kappa shape index (κ2) is 4.45. The molecule has 0 heterocycles. The number of hydrogen-bond acceptors (Lipinski definition) is 1. The second-order valence-electron chi connectivity index (χ2n) is 2.06. The normalized spacial score (nSPS) is 10.5. The maximum atomic E-state index is 12.2. The fourth-order valence-corrected chi connectivity index (χ4v) is 0.663. The van der Waals surface area contributed by atoms with Gasteiger partial charge >= 0.3 is 0 Å². The van der Waals surface area contributed by atoms with Crippen LogP contribution in [0.1, 0.15) is 13.3 Å². The van der Waals surface area contributed by atoms with E-state index >= 15 is 0 Å². The molecule has 2 heteroatoms. The van der Waals surface area contributed by atoms with Gasteiger partial charge in [0.15, 0.2) is 0 Å². The molecule has 0 saturated heterocycles. The molecular weight excluding hydrogens is 141 g/mol. The quantitative estimate of drug-likeness (QED) is 0.449. The molecule has 0 saturated carbocycles. The van der Waals surface area contributed by atoms with Crippen LogP contribution < -0.4 is 0 Å². The molecule has 0 unspecified atom stereocenters. The smallest absolute Gasteiger partial charge is 0.116 e. The molecule has 0 atom stereocenters. The molecule has 11 heavy (non-hydrogen) atoms. The van der Waals surface area contributed by atoms with E-state index in [4.69, 9.17) is 5.26 Å². The lowest BCUT2D eigenvalue weighted by molar-refractivity contribution is 0.669. The number of hydrogen-bond donors (Lipinski definition) is 0. The van der Waals surface area contributed by atoms with E-state index in [0.717, 1.165) is 0 Å². The van der Waals surface area contributed by atoms with Gasteiger partial charge in [-0.15, -0.1) is 0 Å². The van der Waals surface area contributed by atoms with Crippen molar-refractivity contribution in [3.63, 3.8) is 0 Å². The van der Waals surface area contributed by atoms with Gasteiger partial charge in [-0.05, 0) is 18.1 Å². The lowest BCUT2D eigenvalue weighted by Crippen LogP contribution is -1.83. The highest BCUT2D eigenvalue weighted by Gasteiger charge is 1.98. The van der Waals surface area contributed by atoms with Crippen molar-refractivity contribution in [1.29, 1.82) is 5.26 Å². The molecule has 0 aliphatic rings. The highest BCUT2D eigenvalue weighted by atomic mass is 19.1. The molecule has 58 valence electrons. The summed E-state index contributed by atoms with van der Waals surface area (Å²) in [7, 11) is 0. The van der Waals surface area contributed by atoms with Crippen molar-refractivity contribution >= 4 is 0 Å². The highest BCUT2D eigenvalue weighted by molar-refractivity contribution is 5.41. The first kappa shape index (κ1) is 9.64. The van der Waals surface area contributed by atoms with Crippen molar-refractivity contribution in [2.75, 3.05) is 0 Å². The van der Waals surface area contributed by atoms with Crippen molar-refractivity contribution in [1.82, 2.24) is 0 Å². The predicted octanol–water partition coefficient (Wildman–Crippen LogP) is 2.89. The summed E-state index contributed by atoms with van der Waals surface area (Å²) >= 11 is 0. The molecule has 1 nitrogen and oxygen atoms in total. The number of halogens is 1. The third kappa shape index (κ3) is 3.36. The molecular formula is C9H10FN. The van der Waals surface area contributed by atoms with Gasteiger partial charge in [0.1, 0.15) is 5.83 Å². The van der Waals surface area contributed by atoms with Crippen LogP contribution in [0, 0.1) is 11.3 Å². The average Bonchev–Trinajstić information content (AvgIpc) is 1.98. The zero-order valence-electron chi connectivity index (χ0n) is 6.52. The minimum absolute atomic E-state index is 0.298. The zero-order valence-corrected chi connectivity index (χ0v) is 6.52. The van der Waals surface area contributed by atoms with Crippen LogP contribution in [0.15, 0.2) is 36.2 Å². The fraction of sp³-hybridized carbons (Fsp3) is 0.222. The first-order chi connectivity index (χ1) is 5.11. The molecule has 0 bridgehead atoms. The Kier molecular flexibility index (Phi) is 3.90. The molecule has 0 aromatic heterocycles. The van der Waals surface area contributed by atoms with E-state index in [2.05, 4.69) is 13.2 Å². The summed E-state index contributed by atoms with van der Waals surface area (Å²) in [5.74, 6) is -0.543. The molecule has 0 aliphatic heterocycles. The standard InChI is InChI=1S/C9H10FN/c1-4-9(5-8(3)10)7(2)6-11/h5H,2-4H2,1H3/b9-5-. The Hall–Kier alpha value is -1.36. The van der Waals surface area contributed by atoms with Gasteiger partial charge in [-0.2, -0.15) is 5.26 Å². The van der Waals surface area contributed by atoms with E-state index in [1.165, 1.54) is 6.08 Å². The number of nitrogens with zero attached hydrogens (tertiary/aromatic N) is 1. The fourth-order valence-electron chi connectivity index (χ4n) is 0.663. The lowest BCUT2D eigenvalue weighted by Gasteiger charge is -1.97. The summed E-state index contributed by atoms with van der Waals surface area (Å²) in [5.41, 5.74) is 0.895. The van der Waals surface area contributed by atoms with Crippen LogP contribution >= 0.6 is 0 Å². The van der Waals surface area contributed by atoms with E-state index < -0.39 is 5.83 Å². The van der Waals surface area contributed by atoms with Gasteiger partial charge in [-0.25, -0.2) is 4.39 Å². The van der Waals surface area contributed by atoms with Gasteiger partial charge < -0.3 is 0 Å². The maximum absolute atomic E-state index is 12.2. The van der Waals surface area contributed by atoms with Gasteiger partial charge in [-0.3, -0.25) is 0 Å². The van der Waals surface area contributed by atoms with Gasteiger partial charge in [0.25, 0.3) is 0 Å². The maximum Gasteiger partial charge on any atom is 0.116 e. The van der Waals surface area contributed by atoms with Crippen LogP contribution in [0.2, 0.25) is 0 Å². The van der Waals surface area contributed by atoms with Crippen LogP contribution in [-0.4, -0.2) is 0 Å². The first-order valence-corrected chi connectivity index (χ1v) is 3.26. The van der Waals surface area contributed by atoms with E-state index in [1.54, 1.807) is 0 Å². The Morgan fingerprint density at radius 1 is 1.64 bits per heavy atom. The Balaban J connectivity index is 4.56. The molecule has 0 aromatic rings. The average molecular weight is 151 g/mol. The molecule has 0 amide bonds.